The summed E-state index contributed by atoms with van der Waals surface area (Å²) in [5.41, 5.74) is 8.08. The Balaban J connectivity index is 1.21. The fraction of sp³-hybridized carbons (Fsp3) is 0.515. The van der Waals surface area contributed by atoms with E-state index in [1.165, 1.54) is 14.3 Å². The summed E-state index contributed by atoms with van der Waals surface area (Å²) in [5, 5.41) is 10.7. The Kier molecular flexibility index (Phi) is 11.2. The number of rotatable bonds is 13. The van der Waals surface area contributed by atoms with Crippen molar-refractivity contribution in [2.24, 2.45) is 5.73 Å². The molecule has 1 fully saturated rings. The summed E-state index contributed by atoms with van der Waals surface area (Å²) in [5.74, 6) is -0.747. The molecule has 3 aromatic rings. The zero-order valence-electron chi connectivity index (χ0n) is 27.2. The van der Waals surface area contributed by atoms with Crippen LogP contribution in [0.4, 0.5) is 5.69 Å². The predicted octanol–water partition coefficient (Wildman–Crippen LogP) is 0.392. The van der Waals surface area contributed by atoms with Crippen LogP contribution in [-0.2, 0) is 45.2 Å². The highest BCUT2D eigenvalue weighted by atomic mass is 16.5. The number of aromatic nitrogens is 4. The van der Waals surface area contributed by atoms with Crippen LogP contribution in [0.1, 0.15) is 37.3 Å². The van der Waals surface area contributed by atoms with Crippen LogP contribution in [0, 0.1) is 0 Å². The molecule has 3 N–H and O–H groups in total. The molecule has 0 bridgehead atoms. The number of aryl methyl sites for hydroxylation is 1. The second kappa shape index (κ2) is 15.5. The molecule has 2 aliphatic heterocycles. The summed E-state index contributed by atoms with van der Waals surface area (Å²) in [7, 11) is 1.64. The van der Waals surface area contributed by atoms with Gasteiger partial charge in [0.15, 0.2) is 0 Å². The van der Waals surface area contributed by atoms with Crippen molar-refractivity contribution in [3.8, 4) is 0 Å². The number of benzene rings is 2. The standard InChI is InChI=1S/C33H45N9O5/c1-3-40-32(46)41(37-36-40)20-19-38-17-14-33(15-18-38,24-47-2)42(27-11-5-4-6-12-27)30(44)13-16-35-29(43)23-39-22-26-10-8-7-9-25(26)21-28(34)31(39)45/h4-12,28H,3,13-24,34H2,1-2H3,(H,35,43)/t28-/m0/s1. The molecule has 0 spiro atoms. The highest BCUT2D eigenvalue weighted by Gasteiger charge is 2.43. The molecule has 14 heteroatoms. The van der Waals surface area contributed by atoms with E-state index >= 15 is 0 Å². The van der Waals surface area contributed by atoms with Crippen LogP contribution < -0.4 is 21.6 Å². The van der Waals surface area contributed by atoms with E-state index in [-0.39, 0.29) is 42.9 Å². The lowest BCUT2D eigenvalue weighted by Gasteiger charge is -2.48. The highest BCUT2D eigenvalue weighted by Crippen LogP contribution is 2.34. The van der Waals surface area contributed by atoms with Gasteiger partial charge in [0, 0.05) is 58.5 Å². The topological polar surface area (TPSA) is 161 Å². The molecule has 0 aliphatic carbocycles. The van der Waals surface area contributed by atoms with Gasteiger partial charge in [-0.15, -0.1) is 0 Å². The zero-order chi connectivity index (χ0) is 33.4. The summed E-state index contributed by atoms with van der Waals surface area (Å²) in [6, 6.07) is 16.5. The molecule has 252 valence electrons. The molecule has 5 rings (SSSR count). The van der Waals surface area contributed by atoms with Gasteiger partial charge in [-0.3, -0.25) is 14.4 Å². The lowest BCUT2D eigenvalue weighted by molar-refractivity contribution is -0.137. The number of tetrazole rings is 1. The Labute approximate surface area is 274 Å². The molecule has 3 amide bonds. The number of piperidine rings is 1. The van der Waals surface area contributed by atoms with Crippen molar-refractivity contribution in [2.45, 2.75) is 63.8 Å². The predicted molar refractivity (Wildman–Crippen MR) is 175 cm³/mol. The third-order valence-electron chi connectivity index (χ3n) is 9.11. The van der Waals surface area contributed by atoms with Crippen molar-refractivity contribution < 1.29 is 19.1 Å². The molecule has 1 saturated heterocycles. The van der Waals surface area contributed by atoms with Crippen molar-refractivity contribution in [2.75, 3.05) is 51.3 Å². The van der Waals surface area contributed by atoms with Crippen molar-refractivity contribution in [3.05, 3.63) is 76.2 Å². The van der Waals surface area contributed by atoms with E-state index < -0.39 is 11.6 Å². The number of ether oxygens (including phenoxy) is 1. The van der Waals surface area contributed by atoms with Gasteiger partial charge in [0.1, 0.15) is 0 Å². The molecule has 2 aromatic carbocycles. The molecular formula is C33H45N9O5. The van der Waals surface area contributed by atoms with Gasteiger partial charge in [-0.1, -0.05) is 42.5 Å². The first-order valence-corrected chi connectivity index (χ1v) is 16.2. The van der Waals surface area contributed by atoms with E-state index in [2.05, 4.69) is 20.6 Å². The molecule has 0 radical (unpaired) electrons. The normalized spacial score (nSPS) is 18.0. The SMILES string of the molecule is CCn1nnn(CCN2CCC(COC)(N(C(=O)CCNC(=O)CN3Cc4ccccc4C[C@H](N)C3=O)c3ccccc3)CC2)c1=O. The Hall–Kier alpha value is -4.40. The number of hydrogen-bond donors (Lipinski definition) is 2. The van der Waals surface area contributed by atoms with Crippen LogP contribution >= 0.6 is 0 Å². The van der Waals surface area contributed by atoms with Gasteiger partial charge in [0.25, 0.3) is 0 Å². The third-order valence-corrected chi connectivity index (χ3v) is 9.11. The third kappa shape index (κ3) is 7.95. The number of fused-ring (bicyclic) bond motifs is 1. The van der Waals surface area contributed by atoms with Gasteiger partial charge in [0.2, 0.25) is 17.7 Å². The molecule has 0 saturated carbocycles. The van der Waals surface area contributed by atoms with Gasteiger partial charge < -0.3 is 30.5 Å². The van der Waals surface area contributed by atoms with E-state index in [0.29, 0.717) is 65.1 Å². The Morgan fingerprint density at radius 3 is 2.36 bits per heavy atom. The van der Waals surface area contributed by atoms with E-state index in [1.807, 2.05) is 66.4 Å². The summed E-state index contributed by atoms with van der Waals surface area (Å²) in [4.78, 5) is 57.9. The van der Waals surface area contributed by atoms with Crippen LogP contribution in [-0.4, -0.2) is 105 Å². The number of likely N-dealkylation sites (tertiary alicyclic amines) is 1. The quantitative estimate of drug-likeness (QED) is 0.268. The second-order valence-corrected chi connectivity index (χ2v) is 12.2. The van der Waals surface area contributed by atoms with Crippen LogP contribution in [0.5, 0.6) is 0 Å². The van der Waals surface area contributed by atoms with E-state index in [4.69, 9.17) is 10.5 Å². The number of para-hydroxylation sites is 1. The number of carbonyl (C=O) groups is 3. The average Bonchev–Trinajstić information content (AvgIpc) is 3.38. The lowest BCUT2D eigenvalue weighted by atomic mass is 9.85. The largest absolute Gasteiger partial charge is 0.382 e. The number of nitrogens with zero attached hydrogens (tertiary/aromatic N) is 7. The van der Waals surface area contributed by atoms with Crippen LogP contribution in [0.25, 0.3) is 0 Å². The summed E-state index contributed by atoms with van der Waals surface area (Å²) in [6.45, 7) is 5.41. The fourth-order valence-corrected chi connectivity index (χ4v) is 6.57. The smallest absolute Gasteiger partial charge is 0.363 e. The molecule has 1 atom stereocenters. The first-order valence-electron chi connectivity index (χ1n) is 16.2. The van der Waals surface area contributed by atoms with Crippen molar-refractivity contribution in [1.29, 1.82) is 0 Å². The molecule has 0 unspecified atom stereocenters. The van der Waals surface area contributed by atoms with Crippen LogP contribution in [0.3, 0.4) is 0 Å². The van der Waals surface area contributed by atoms with Crippen LogP contribution in [0.2, 0.25) is 0 Å². The molecule has 1 aromatic heterocycles. The van der Waals surface area contributed by atoms with Gasteiger partial charge in [-0.25, -0.2) is 4.79 Å². The Morgan fingerprint density at radius 2 is 1.68 bits per heavy atom. The van der Waals surface area contributed by atoms with Crippen molar-refractivity contribution >= 4 is 23.4 Å². The first kappa shape index (κ1) is 33.9. The molecule has 3 heterocycles. The minimum absolute atomic E-state index is 0.0715. The van der Waals surface area contributed by atoms with E-state index in [1.54, 1.807) is 7.11 Å². The molecule has 14 nitrogen and oxygen atoms in total. The maximum atomic E-state index is 14.0. The second-order valence-electron chi connectivity index (χ2n) is 12.2. The van der Waals surface area contributed by atoms with Gasteiger partial charge in [-0.05, 0) is 59.9 Å². The minimum atomic E-state index is -0.713. The maximum Gasteiger partial charge on any atom is 0.363 e. The number of amides is 3. The number of hydrogen-bond acceptors (Lipinski definition) is 9. The molecule has 47 heavy (non-hydrogen) atoms. The highest BCUT2D eigenvalue weighted by molar-refractivity contribution is 5.95. The molecule has 2 aliphatic rings. The summed E-state index contributed by atoms with van der Waals surface area (Å²) in [6.07, 6.45) is 1.81. The molecular weight excluding hydrogens is 602 g/mol. The van der Waals surface area contributed by atoms with Gasteiger partial charge >= 0.3 is 5.69 Å². The number of nitrogens with two attached hydrogens (primary N) is 1. The van der Waals surface area contributed by atoms with Gasteiger partial charge in [0.05, 0.1) is 31.3 Å². The Morgan fingerprint density at radius 1 is 1.00 bits per heavy atom. The van der Waals surface area contributed by atoms with E-state index in [9.17, 15) is 19.2 Å². The summed E-state index contributed by atoms with van der Waals surface area (Å²) >= 11 is 0. The zero-order valence-corrected chi connectivity index (χ0v) is 27.2. The summed E-state index contributed by atoms with van der Waals surface area (Å²) < 4.78 is 8.43. The number of methoxy groups -OCH3 is 1. The lowest BCUT2D eigenvalue weighted by Crippen LogP contribution is -2.60. The maximum absolute atomic E-state index is 14.0. The Bertz CT molecular complexity index is 1580. The fourth-order valence-electron chi connectivity index (χ4n) is 6.57. The van der Waals surface area contributed by atoms with Crippen molar-refractivity contribution in [3.63, 3.8) is 0 Å². The number of carbonyl (C=O) groups excluding carboxylic acids is 3. The number of nitrogens with one attached hydrogen (secondary N) is 1. The number of anilines is 1. The van der Waals surface area contributed by atoms with Gasteiger partial charge in [-0.2, -0.15) is 9.36 Å². The van der Waals surface area contributed by atoms with E-state index in [0.717, 1.165) is 16.8 Å². The average molecular weight is 648 g/mol. The minimum Gasteiger partial charge on any atom is -0.382 e. The monoisotopic (exact) mass is 647 g/mol. The van der Waals surface area contributed by atoms with Crippen molar-refractivity contribution in [1.82, 2.24) is 34.9 Å². The van der Waals surface area contributed by atoms with Crippen LogP contribution in [0.15, 0.2) is 59.4 Å². The first-order chi connectivity index (χ1) is 22.7.